The summed E-state index contributed by atoms with van der Waals surface area (Å²) >= 11 is 0. The van der Waals surface area contributed by atoms with Crippen LogP contribution in [0, 0.1) is 0 Å². The standard InChI is InChI=1S/C44H43N7O4/c1-21(2)52-25-10-14-30-33(17-25)38-37-29-13-9-26(53-22(3)4)18-34(29)42(45-37)48-40-31-15-11-28(55-24(7)8)20-36(31)44(49-40)51-41-32-16-12-27(54-23(5)6)19-35(32)43(50-41)47-39(30)46-38/h9-24H,1-8H3,(H3,45,46,47,48,49,50,51). The second kappa shape index (κ2) is 13.2. The van der Waals surface area contributed by atoms with Gasteiger partial charge in [0.05, 0.1) is 35.6 Å². The van der Waals surface area contributed by atoms with Gasteiger partial charge in [0, 0.05) is 43.4 Å². The van der Waals surface area contributed by atoms with E-state index < -0.39 is 0 Å². The van der Waals surface area contributed by atoms with Crippen LogP contribution in [0.3, 0.4) is 0 Å². The van der Waals surface area contributed by atoms with Gasteiger partial charge in [-0.3, -0.25) is 0 Å². The highest BCUT2D eigenvalue weighted by atomic mass is 16.5. The van der Waals surface area contributed by atoms with Crippen molar-refractivity contribution in [1.82, 2.24) is 34.9 Å². The lowest BCUT2D eigenvalue weighted by atomic mass is 10.0. The fraction of sp³-hybridized carbons (Fsp3) is 0.273. The Kier molecular flexibility index (Phi) is 8.25. The molecule has 55 heavy (non-hydrogen) atoms. The van der Waals surface area contributed by atoms with Crippen molar-refractivity contribution < 1.29 is 18.9 Å². The van der Waals surface area contributed by atoms with Crippen LogP contribution in [0.15, 0.2) is 72.8 Å². The van der Waals surface area contributed by atoms with E-state index in [2.05, 4.69) is 27.1 Å². The van der Waals surface area contributed by atoms with Crippen molar-refractivity contribution in [3.63, 3.8) is 0 Å². The van der Waals surface area contributed by atoms with E-state index in [4.69, 9.17) is 38.9 Å². The van der Waals surface area contributed by atoms with Crippen LogP contribution in [0.1, 0.15) is 55.4 Å². The van der Waals surface area contributed by atoms with Crippen molar-refractivity contribution in [3.8, 4) is 45.6 Å². The molecule has 8 bridgehead atoms. The highest BCUT2D eigenvalue weighted by Crippen LogP contribution is 2.42. The molecule has 9 rings (SSSR count). The van der Waals surface area contributed by atoms with E-state index in [0.29, 0.717) is 34.1 Å². The highest BCUT2D eigenvalue weighted by molar-refractivity contribution is 6.13. The Morgan fingerprint density at radius 3 is 1.29 bits per heavy atom. The van der Waals surface area contributed by atoms with Crippen LogP contribution >= 0.6 is 0 Å². The molecule has 11 heteroatoms. The van der Waals surface area contributed by atoms with Gasteiger partial charge in [-0.25, -0.2) is 19.9 Å². The van der Waals surface area contributed by atoms with Crippen LogP contribution in [0.2, 0.25) is 0 Å². The third-order valence-electron chi connectivity index (χ3n) is 9.33. The lowest BCUT2D eigenvalue weighted by Crippen LogP contribution is -2.05. The van der Waals surface area contributed by atoms with Gasteiger partial charge in [0.15, 0.2) is 5.82 Å². The quantitative estimate of drug-likeness (QED) is 0.140. The molecule has 4 aromatic carbocycles. The van der Waals surface area contributed by atoms with Crippen LogP contribution in [0.5, 0.6) is 23.0 Å². The molecule has 0 aliphatic carbocycles. The van der Waals surface area contributed by atoms with Gasteiger partial charge in [0.25, 0.3) is 0 Å². The summed E-state index contributed by atoms with van der Waals surface area (Å²) in [6, 6.07) is 24.2. The molecule has 3 N–H and O–H groups in total. The first-order valence-electron chi connectivity index (χ1n) is 18.9. The summed E-state index contributed by atoms with van der Waals surface area (Å²) < 4.78 is 24.7. The molecule has 0 saturated heterocycles. The van der Waals surface area contributed by atoms with E-state index >= 15 is 0 Å². The summed E-state index contributed by atoms with van der Waals surface area (Å²) in [4.78, 5) is 31.8. The van der Waals surface area contributed by atoms with E-state index in [0.717, 1.165) is 77.7 Å². The van der Waals surface area contributed by atoms with Gasteiger partial charge in [-0.05, 0) is 128 Å². The van der Waals surface area contributed by atoms with Crippen molar-refractivity contribution in [2.75, 3.05) is 0 Å². The lowest BCUT2D eigenvalue weighted by molar-refractivity contribution is 0.242. The van der Waals surface area contributed by atoms with Crippen molar-refractivity contribution in [1.29, 1.82) is 0 Å². The number of nitrogens with one attached hydrogen (secondary N) is 3. The number of H-pyrrole nitrogens is 3. The fourth-order valence-electron chi connectivity index (χ4n) is 7.29. The maximum atomic E-state index is 6.19. The van der Waals surface area contributed by atoms with E-state index in [-0.39, 0.29) is 24.4 Å². The predicted octanol–water partition coefficient (Wildman–Crippen LogP) is 10.7. The SMILES string of the molecule is CC(C)Oc1ccc2c(c1)-c1nc-2c2[nH]c(nc3[nH]c(nc4[nH]c(n1)c1ccc(OC(C)C)cc41)c1ccc(OC(C)C)cc31)c1ccc(OC(C)C)cc21. The normalized spacial score (nSPS) is 12.3. The summed E-state index contributed by atoms with van der Waals surface area (Å²) in [5.41, 5.74) is 6.51. The van der Waals surface area contributed by atoms with Crippen molar-refractivity contribution in [3.05, 3.63) is 72.8 Å². The molecule has 1 aliphatic heterocycles. The summed E-state index contributed by atoms with van der Waals surface area (Å²) in [6.07, 6.45) is 0.00191. The van der Waals surface area contributed by atoms with E-state index in [1.165, 1.54) is 0 Å². The number of benzene rings is 4. The first-order valence-corrected chi connectivity index (χ1v) is 18.9. The molecule has 1 aliphatic rings. The molecule has 5 heterocycles. The van der Waals surface area contributed by atoms with Gasteiger partial charge >= 0.3 is 0 Å². The second-order valence-corrected chi connectivity index (χ2v) is 15.1. The Morgan fingerprint density at radius 1 is 0.382 bits per heavy atom. The lowest BCUT2D eigenvalue weighted by Gasteiger charge is -2.11. The number of nitrogens with zero attached hydrogens (tertiary/aromatic N) is 4. The first-order chi connectivity index (χ1) is 26.5. The molecular formula is C44H43N7O4. The number of fused-ring (bicyclic) bond motifs is 21. The van der Waals surface area contributed by atoms with Gasteiger partial charge in [0.1, 0.15) is 51.2 Å². The summed E-state index contributed by atoms with van der Waals surface area (Å²) in [5, 5.41) is 5.34. The molecule has 0 atom stereocenters. The number of hydrogen-bond donors (Lipinski definition) is 3. The third-order valence-corrected chi connectivity index (χ3v) is 9.33. The Labute approximate surface area is 317 Å². The molecule has 0 spiro atoms. The maximum absolute atomic E-state index is 6.19. The summed E-state index contributed by atoms with van der Waals surface area (Å²) in [7, 11) is 0. The first kappa shape index (κ1) is 34.4. The Balaban J connectivity index is 1.46. The zero-order valence-corrected chi connectivity index (χ0v) is 32.2. The highest BCUT2D eigenvalue weighted by Gasteiger charge is 2.24. The smallest absolute Gasteiger partial charge is 0.163 e. The average Bonchev–Trinajstić information content (AvgIpc) is 3.85. The number of aromatic amines is 3. The number of ether oxygens (including phenoxy) is 4. The molecule has 0 amide bonds. The number of hydrogen-bond acceptors (Lipinski definition) is 8. The van der Waals surface area contributed by atoms with Crippen molar-refractivity contribution in [2.45, 2.75) is 79.8 Å². The molecular weight excluding hydrogens is 691 g/mol. The molecule has 0 unspecified atom stereocenters. The van der Waals surface area contributed by atoms with Crippen molar-refractivity contribution >= 4 is 66.1 Å². The van der Waals surface area contributed by atoms with Gasteiger partial charge in [0.2, 0.25) is 0 Å². The number of rotatable bonds is 8. The molecule has 4 aromatic heterocycles. The Bertz CT molecular complexity index is 2920. The van der Waals surface area contributed by atoms with Gasteiger partial charge in [-0.1, -0.05) is 0 Å². The molecule has 0 fully saturated rings. The van der Waals surface area contributed by atoms with Crippen LogP contribution < -0.4 is 18.9 Å². The van der Waals surface area contributed by atoms with Gasteiger partial charge in [-0.2, -0.15) is 0 Å². The van der Waals surface area contributed by atoms with Gasteiger partial charge < -0.3 is 33.9 Å². The maximum Gasteiger partial charge on any atom is 0.163 e. The second-order valence-electron chi connectivity index (χ2n) is 15.1. The Hall–Kier alpha value is -6.36. The average molecular weight is 734 g/mol. The number of aromatic nitrogens is 7. The minimum absolute atomic E-state index is 0.000405. The zero-order valence-electron chi connectivity index (χ0n) is 32.2. The summed E-state index contributed by atoms with van der Waals surface area (Å²) in [6.45, 7) is 16.1. The molecule has 11 nitrogen and oxygen atoms in total. The van der Waals surface area contributed by atoms with E-state index in [1.54, 1.807) is 0 Å². The Morgan fingerprint density at radius 2 is 0.782 bits per heavy atom. The van der Waals surface area contributed by atoms with Crippen LogP contribution in [-0.2, 0) is 0 Å². The largest absolute Gasteiger partial charge is 0.491 e. The zero-order chi connectivity index (χ0) is 38.1. The van der Waals surface area contributed by atoms with Crippen LogP contribution in [0.4, 0.5) is 0 Å². The predicted molar refractivity (Wildman–Crippen MR) is 220 cm³/mol. The third kappa shape index (κ3) is 6.29. The molecule has 0 saturated carbocycles. The van der Waals surface area contributed by atoms with Gasteiger partial charge in [-0.15, -0.1) is 0 Å². The monoisotopic (exact) mass is 733 g/mol. The molecule has 278 valence electrons. The topological polar surface area (TPSA) is 136 Å². The van der Waals surface area contributed by atoms with E-state index in [9.17, 15) is 0 Å². The summed E-state index contributed by atoms with van der Waals surface area (Å²) in [5.74, 6) is 3.53. The van der Waals surface area contributed by atoms with Crippen LogP contribution in [0.25, 0.3) is 88.7 Å². The molecule has 8 aromatic rings. The minimum atomic E-state index is -0.00318. The van der Waals surface area contributed by atoms with Crippen LogP contribution in [-0.4, -0.2) is 59.3 Å². The minimum Gasteiger partial charge on any atom is -0.491 e. The van der Waals surface area contributed by atoms with Crippen molar-refractivity contribution in [2.24, 2.45) is 0 Å². The molecule has 0 radical (unpaired) electrons. The fourth-order valence-corrected chi connectivity index (χ4v) is 7.29. The van der Waals surface area contributed by atoms with E-state index in [1.807, 2.05) is 116 Å².